The molecule has 2 aliphatic rings. The predicted molar refractivity (Wildman–Crippen MR) is 96.3 cm³/mol. The lowest BCUT2D eigenvalue weighted by Crippen LogP contribution is -2.42. The molecule has 2 bridgehead atoms. The molecule has 2 atom stereocenters. The summed E-state index contributed by atoms with van der Waals surface area (Å²) in [4.78, 5) is 15.0. The summed E-state index contributed by atoms with van der Waals surface area (Å²) in [5.41, 5.74) is 1.50. The zero-order valence-corrected chi connectivity index (χ0v) is 14.8. The lowest BCUT2D eigenvalue weighted by Gasteiger charge is -2.27. The Bertz CT molecular complexity index is 719. The third kappa shape index (κ3) is 3.16. The molecule has 128 valence electrons. The van der Waals surface area contributed by atoms with E-state index in [-0.39, 0.29) is 18.3 Å². The van der Waals surface area contributed by atoms with Crippen molar-refractivity contribution < 1.29 is 4.79 Å². The molecular weight excluding hydrogens is 347 g/mol. The van der Waals surface area contributed by atoms with E-state index in [9.17, 15) is 4.79 Å². The number of fused-ring (bicyclic) bond motifs is 2. The number of halogens is 2. The van der Waals surface area contributed by atoms with Crippen molar-refractivity contribution in [3.05, 3.63) is 47.2 Å². The van der Waals surface area contributed by atoms with E-state index in [1.54, 1.807) is 17.1 Å². The molecule has 1 N–H and O–H groups in total. The van der Waals surface area contributed by atoms with Crippen molar-refractivity contribution >= 4 is 29.9 Å². The fourth-order valence-corrected chi connectivity index (χ4v) is 3.84. The van der Waals surface area contributed by atoms with Crippen LogP contribution in [0.2, 0.25) is 5.02 Å². The number of aromatic nitrogens is 2. The van der Waals surface area contributed by atoms with Crippen LogP contribution in [-0.2, 0) is 0 Å². The third-order valence-electron chi connectivity index (χ3n) is 4.79. The number of benzene rings is 1. The van der Waals surface area contributed by atoms with Crippen LogP contribution in [0.1, 0.15) is 29.6 Å². The molecule has 2 saturated heterocycles. The van der Waals surface area contributed by atoms with Crippen molar-refractivity contribution in [1.29, 1.82) is 0 Å². The minimum Gasteiger partial charge on any atom is -0.331 e. The average Bonchev–Trinajstić information content (AvgIpc) is 3.11. The van der Waals surface area contributed by atoms with Gasteiger partial charge in [0.15, 0.2) is 0 Å². The van der Waals surface area contributed by atoms with Crippen molar-refractivity contribution in [2.75, 3.05) is 13.1 Å². The molecule has 0 radical (unpaired) electrons. The Hall–Kier alpha value is -1.56. The largest absolute Gasteiger partial charge is 0.331 e. The zero-order valence-electron chi connectivity index (χ0n) is 13.2. The van der Waals surface area contributed by atoms with Gasteiger partial charge in [-0.3, -0.25) is 4.79 Å². The molecule has 0 aliphatic carbocycles. The predicted octanol–water partition coefficient (Wildman–Crippen LogP) is 2.91. The van der Waals surface area contributed by atoms with Gasteiger partial charge in [-0.05, 0) is 44.0 Å². The van der Waals surface area contributed by atoms with Gasteiger partial charge >= 0.3 is 0 Å². The highest BCUT2D eigenvalue weighted by atomic mass is 35.5. The first-order chi connectivity index (χ1) is 11.2. The number of rotatable bonds is 2. The van der Waals surface area contributed by atoms with Crippen LogP contribution in [0.25, 0.3) is 5.69 Å². The summed E-state index contributed by atoms with van der Waals surface area (Å²) < 4.78 is 1.71. The molecule has 24 heavy (non-hydrogen) atoms. The van der Waals surface area contributed by atoms with E-state index < -0.39 is 0 Å². The average molecular weight is 367 g/mol. The summed E-state index contributed by atoms with van der Waals surface area (Å²) in [6.45, 7) is 1.89. The molecule has 5 nitrogen and oxygen atoms in total. The fourth-order valence-electron chi connectivity index (χ4n) is 3.66. The molecule has 0 saturated carbocycles. The van der Waals surface area contributed by atoms with E-state index in [1.807, 2.05) is 24.3 Å². The first-order valence-corrected chi connectivity index (χ1v) is 8.44. The lowest BCUT2D eigenvalue weighted by molar-refractivity contribution is 0.0680. The summed E-state index contributed by atoms with van der Waals surface area (Å²) in [6.07, 6.45) is 6.68. The molecule has 2 aromatic rings. The first kappa shape index (κ1) is 17.3. The summed E-state index contributed by atoms with van der Waals surface area (Å²) in [5.74, 6) is 0.0921. The number of carbonyl (C=O) groups excluding carboxylic acids is 1. The maximum Gasteiger partial charge on any atom is 0.257 e. The SMILES string of the molecule is Cl.O=C(c1cnn(-c2cccc(Cl)c2)c1)N1C2CCNCC1CC2. The number of amides is 1. The van der Waals surface area contributed by atoms with Crippen molar-refractivity contribution in [2.45, 2.75) is 31.3 Å². The molecular formula is C17H20Cl2N4O. The Morgan fingerprint density at radius 3 is 2.92 bits per heavy atom. The van der Waals surface area contributed by atoms with Crippen LogP contribution in [0.5, 0.6) is 0 Å². The highest BCUT2D eigenvalue weighted by molar-refractivity contribution is 6.30. The van der Waals surface area contributed by atoms with E-state index in [0.29, 0.717) is 22.7 Å². The molecule has 7 heteroatoms. The summed E-state index contributed by atoms with van der Waals surface area (Å²) >= 11 is 6.03. The second-order valence-corrected chi connectivity index (χ2v) is 6.68. The lowest BCUT2D eigenvalue weighted by atomic mass is 10.1. The molecule has 4 rings (SSSR count). The van der Waals surface area contributed by atoms with Crippen molar-refractivity contribution in [3.63, 3.8) is 0 Å². The molecule has 0 spiro atoms. The minimum absolute atomic E-state index is 0. The second kappa shape index (κ2) is 7.13. The Labute approximate surface area is 152 Å². The van der Waals surface area contributed by atoms with E-state index in [4.69, 9.17) is 11.6 Å². The van der Waals surface area contributed by atoms with Gasteiger partial charge in [0.1, 0.15) is 0 Å². The highest BCUT2D eigenvalue weighted by Gasteiger charge is 2.38. The standard InChI is InChI=1S/C17H19ClN4O.ClH/c18-13-2-1-3-15(8-13)21-11-12(9-20-21)17(23)22-14-4-5-16(22)10-19-7-6-14;/h1-3,8-9,11,14,16,19H,4-7,10H2;1H. The van der Waals surface area contributed by atoms with Crippen molar-refractivity contribution in [2.24, 2.45) is 0 Å². The van der Waals surface area contributed by atoms with Gasteiger partial charge in [0.05, 0.1) is 17.4 Å². The van der Waals surface area contributed by atoms with Gasteiger partial charge in [0.25, 0.3) is 5.91 Å². The van der Waals surface area contributed by atoms with Gasteiger partial charge in [-0.15, -0.1) is 12.4 Å². The number of carbonyl (C=O) groups is 1. The third-order valence-corrected chi connectivity index (χ3v) is 5.03. The van der Waals surface area contributed by atoms with Crippen molar-refractivity contribution in [1.82, 2.24) is 20.0 Å². The molecule has 1 aromatic heterocycles. The summed E-state index contributed by atoms with van der Waals surface area (Å²) in [6, 6.07) is 8.13. The molecule has 2 aliphatic heterocycles. The Morgan fingerprint density at radius 1 is 1.25 bits per heavy atom. The molecule has 2 fully saturated rings. The normalized spacial score (nSPS) is 22.8. The second-order valence-electron chi connectivity index (χ2n) is 6.24. The van der Waals surface area contributed by atoms with Gasteiger partial charge in [-0.1, -0.05) is 17.7 Å². The van der Waals surface area contributed by atoms with Crippen LogP contribution in [0.15, 0.2) is 36.7 Å². The zero-order chi connectivity index (χ0) is 15.8. The van der Waals surface area contributed by atoms with Gasteiger partial charge in [-0.25, -0.2) is 4.68 Å². The fraction of sp³-hybridized carbons (Fsp3) is 0.412. The van der Waals surface area contributed by atoms with E-state index >= 15 is 0 Å². The van der Waals surface area contributed by atoms with Crippen molar-refractivity contribution in [3.8, 4) is 5.69 Å². The topological polar surface area (TPSA) is 50.2 Å². The van der Waals surface area contributed by atoms with Gasteiger partial charge in [-0.2, -0.15) is 5.10 Å². The van der Waals surface area contributed by atoms with Gasteiger partial charge < -0.3 is 10.2 Å². The van der Waals surface area contributed by atoms with E-state index in [2.05, 4.69) is 15.3 Å². The Kier molecular flexibility index (Phi) is 5.13. The first-order valence-electron chi connectivity index (χ1n) is 8.06. The number of nitrogens with zero attached hydrogens (tertiary/aromatic N) is 3. The van der Waals surface area contributed by atoms with Crippen LogP contribution < -0.4 is 5.32 Å². The van der Waals surface area contributed by atoms with E-state index in [0.717, 1.165) is 38.0 Å². The van der Waals surface area contributed by atoms with Gasteiger partial charge in [0, 0.05) is 29.8 Å². The number of nitrogens with one attached hydrogen (secondary N) is 1. The Morgan fingerprint density at radius 2 is 2.08 bits per heavy atom. The number of hydrogen-bond acceptors (Lipinski definition) is 3. The smallest absolute Gasteiger partial charge is 0.257 e. The quantitative estimate of drug-likeness (QED) is 0.888. The summed E-state index contributed by atoms with van der Waals surface area (Å²) in [7, 11) is 0. The molecule has 3 heterocycles. The molecule has 1 amide bonds. The monoisotopic (exact) mass is 366 g/mol. The van der Waals surface area contributed by atoms with E-state index in [1.165, 1.54) is 0 Å². The maximum atomic E-state index is 12.9. The van der Waals surface area contributed by atoms with Crippen LogP contribution in [-0.4, -0.2) is 45.8 Å². The van der Waals surface area contributed by atoms with Crippen LogP contribution in [0.4, 0.5) is 0 Å². The Balaban J connectivity index is 0.00000169. The van der Waals surface area contributed by atoms with Crippen LogP contribution in [0.3, 0.4) is 0 Å². The van der Waals surface area contributed by atoms with Crippen LogP contribution in [0, 0.1) is 0 Å². The van der Waals surface area contributed by atoms with Crippen LogP contribution >= 0.6 is 24.0 Å². The summed E-state index contributed by atoms with van der Waals surface area (Å²) in [5, 5.41) is 8.41. The molecule has 2 unspecified atom stereocenters. The minimum atomic E-state index is 0. The van der Waals surface area contributed by atoms with Gasteiger partial charge in [0.2, 0.25) is 0 Å². The highest BCUT2D eigenvalue weighted by Crippen LogP contribution is 2.29. The maximum absolute atomic E-state index is 12.9. The number of hydrogen-bond donors (Lipinski definition) is 1. The molecule has 1 aromatic carbocycles.